The minimum absolute atomic E-state index is 0.219. The molecule has 8 heteroatoms. The van der Waals surface area contributed by atoms with Crippen LogP contribution in [0.2, 0.25) is 5.02 Å². The molecule has 0 radical (unpaired) electrons. The van der Waals surface area contributed by atoms with Crippen LogP contribution < -0.4 is 10.3 Å². The second-order valence-electron chi connectivity index (χ2n) is 7.00. The van der Waals surface area contributed by atoms with E-state index < -0.39 is 0 Å². The molecule has 0 fully saturated rings. The summed E-state index contributed by atoms with van der Waals surface area (Å²) in [5.41, 5.74) is 2.16. The van der Waals surface area contributed by atoms with Gasteiger partial charge in [0, 0.05) is 26.0 Å². The smallest absolute Gasteiger partial charge is 0.282 e. The quantitative estimate of drug-likeness (QED) is 0.244. The zero-order valence-electron chi connectivity index (χ0n) is 17.1. The fraction of sp³-hybridized carbons (Fsp3) is 0.125. The predicted octanol–water partition coefficient (Wildman–Crippen LogP) is 6.60. The van der Waals surface area contributed by atoms with Crippen LogP contribution in [0.25, 0.3) is 10.9 Å². The van der Waals surface area contributed by atoms with Gasteiger partial charge in [0.1, 0.15) is 18.2 Å². The maximum atomic E-state index is 13.1. The molecule has 1 heterocycles. The number of halogens is 3. The third kappa shape index (κ3) is 5.11. The van der Waals surface area contributed by atoms with E-state index in [-0.39, 0.29) is 5.56 Å². The molecule has 0 aliphatic heterocycles. The Kier molecular flexibility index (Phi) is 7.08. The van der Waals surface area contributed by atoms with Crippen LogP contribution in [-0.4, -0.2) is 15.9 Å². The molecule has 1 aromatic heterocycles. The Labute approximate surface area is 207 Å². The first-order valence-electron chi connectivity index (χ1n) is 9.87. The van der Waals surface area contributed by atoms with Crippen molar-refractivity contribution in [1.29, 1.82) is 0 Å². The minimum atomic E-state index is -0.219. The van der Waals surface area contributed by atoms with Gasteiger partial charge in [-0.05, 0) is 54.1 Å². The Balaban J connectivity index is 1.69. The summed E-state index contributed by atoms with van der Waals surface area (Å²) in [6.07, 6.45) is 2.19. The fourth-order valence-electron chi connectivity index (χ4n) is 3.16. The maximum absolute atomic E-state index is 13.1. The van der Waals surface area contributed by atoms with Gasteiger partial charge in [0.05, 0.1) is 17.1 Å². The van der Waals surface area contributed by atoms with Crippen LogP contribution in [0.1, 0.15) is 23.9 Å². The highest BCUT2D eigenvalue weighted by atomic mass is 79.9. The van der Waals surface area contributed by atoms with E-state index in [1.54, 1.807) is 12.3 Å². The van der Waals surface area contributed by atoms with Crippen molar-refractivity contribution >= 4 is 60.6 Å². The summed E-state index contributed by atoms with van der Waals surface area (Å²) in [6.45, 7) is 2.32. The lowest BCUT2D eigenvalue weighted by Crippen LogP contribution is -2.22. The van der Waals surface area contributed by atoms with Crippen molar-refractivity contribution in [3.8, 4) is 5.75 Å². The normalized spacial score (nSPS) is 11.4. The first kappa shape index (κ1) is 22.7. The third-order valence-corrected chi connectivity index (χ3v) is 6.02. The summed E-state index contributed by atoms with van der Waals surface area (Å²) in [4.78, 5) is 17.7. The van der Waals surface area contributed by atoms with Crippen molar-refractivity contribution in [2.45, 2.75) is 20.0 Å². The lowest BCUT2D eigenvalue weighted by atomic mass is 10.2. The molecule has 0 unspecified atom stereocenters. The number of nitrogens with zero attached hydrogens (tertiary/aromatic N) is 3. The molecular weight excluding hydrogens is 558 g/mol. The maximum Gasteiger partial charge on any atom is 0.282 e. The van der Waals surface area contributed by atoms with Crippen molar-refractivity contribution in [2.24, 2.45) is 5.10 Å². The Morgan fingerprint density at radius 2 is 1.78 bits per heavy atom. The van der Waals surface area contributed by atoms with E-state index in [2.05, 4.69) is 41.9 Å². The first-order chi connectivity index (χ1) is 15.4. The van der Waals surface area contributed by atoms with Gasteiger partial charge in [-0.3, -0.25) is 4.79 Å². The summed E-state index contributed by atoms with van der Waals surface area (Å²) >= 11 is 12.9. The van der Waals surface area contributed by atoms with Crippen LogP contribution in [0, 0.1) is 0 Å². The Morgan fingerprint density at radius 1 is 1.06 bits per heavy atom. The van der Waals surface area contributed by atoms with Crippen LogP contribution in [0.5, 0.6) is 5.75 Å². The summed E-state index contributed by atoms with van der Waals surface area (Å²) in [7, 11) is 0. The van der Waals surface area contributed by atoms with Crippen molar-refractivity contribution in [3.63, 3.8) is 0 Å². The zero-order valence-corrected chi connectivity index (χ0v) is 21.0. The van der Waals surface area contributed by atoms with Crippen LogP contribution in [0.4, 0.5) is 0 Å². The van der Waals surface area contributed by atoms with Gasteiger partial charge in [0.25, 0.3) is 5.56 Å². The number of ether oxygens (including phenoxy) is 1. The number of rotatable bonds is 6. The highest BCUT2D eigenvalue weighted by molar-refractivity contribution is 9.10. The Hall–Kier alpha value is -2.48. The van der Waals surface area contributed by atoms with E-state index in [1.807, 2.05) is 61.5 Å². The van der Waals surface area contributed by atoms with Gasteiger partial charge in [-0.2, -0.15) is 9.78 Å². The first-order valence-corrected chi connectivity index (χ1v) is 11.8. The Bertz CT molecular complexity index is 1370. The van der Waals surface area contributed by atoms with Crippen LogP contribution in [0.15, 0.2) is 79.5 Å². The van der Waals surface area contributed by atoms with Gasteiger partial charge in [-0.1, -0.05) is 62.5 Å². The van der Waals surface area contributed by atoms with E-state index in [9.17, 15) is 4.79 Å². The number of hydrogen-bond acceptors (Lipinski definition) is 4. The molecule has 0 spiro atoms. The fourth-order valence-corrected chi connectivity index (χ4v) is 4.02. The number of aromatic nitrogens is 2. The monoisotopic (exact) mass is 573 g/mol. The summed E-state index contributed by atoms with van der Waals surface area (Å²) < 4.78 is 9.05. The van der Waals surface area contributed by atoms with Crippen molar-refractivity contribution in [3.05, 3.63) is 102 Å². The minimum Gasteiger partial charge on any atom is -0.488 e. The molecule has 0 atom stereocenters. The SMILES string of the molecule is CCc1nc2ccc(Br)cc2c(=O)n1N=Cc1cc(Br)ccc1OCc1ccc(Cl)cc1. The van der Waals surface area contributed by atoms with E-state index >= 15 is 0 Å². The highest BCUT2D eigenvalue weighted by Crippen LogP contribution is 2.23. The van der Waals surface area contributed by atoms with Crippen molar-refractivity contribution in [2.75, 3.05) is 0 Å². The standard InChI is InChI=1S/C24H18Br2ClN3O2/c1-2-23-29-21-9-5-18(26)12-20(21)24(31)30(23)28-13-16-11-17(25)6-10-22(16)32-14-15-3-7-19(27)8-4-15/h3-13H,2,14H2,1H3. The van der Waals surface area contributed by atoms with E-state index in [0.29, 0.717) is 40.5 Å². The van der Waals surface area contributed by atoms with Crippen LogP contribution >= 0.6 is 43.5 Å². The summed E-state index contributed by atoms with van der Waals surface area (Å²) in [6, 6.07) is 18.6. The molecule has 0 saturated carbocycles. The van der Waals surface area contributed by atoms with E-state index in [1.165, 1.54) is 4.68 Å². The molecule has 5 nitrogen and oxygen atoms in total. The van der Waals surface area contributed by atoms with E-state index in [0.717, 1.165) is 20.1 Å². The zero-order chi connectivity index (χ0) is 22.7. The largest absolute Gasteiger partial charge is 0.488 e. The molecule has 0 saturated heterocycles. The van der Waals surface area contributed by atoms with Crippen LogP contribution in [-0.2, 0) is 13.0 Å². The number of aryl methyl sites for hydroxylation is 1. The van der Waals surface area contributed by atoms with Gasteiger partial charge >= 0.3 is 0 Å². The van der Waals surface area contributed by atoms with Gasteiger partial charge < -0.3 is 4.74 Å². The molecule has 0 amide bonds. The lowest BCUT2D eigenvalue weighted by molar-refractivity contribution is 0.305. The van der Waals surface area contributed by atoms with E-state index in [4.69, 9.17) is 16.3 Å². The lowest BCUT2D eigenvalue weighted by Gasteiger charge is -2.11. The Morgan fingerprint density at radius 3 is 2.53 bits per heavy atom. The topological polar surface area (TPSA) is 56.5 Å². The number of benzene rings is 3. The van der Waals surface area contributed by atoms with Gasteiger partial charge in [0.15, 0.2) is 0 Å². The van der Waals surface area contributed by atoms with Gasteiger partial charge in [-0.25, -0.2) is 4.98 Å². The highest BCUT2D eigenvalue weighted by Gasteiger charge is 2.10. The summed E-state index contributed by atoms with van der Waals surface area (Å²) in [5, 5.41) is 5.66. The summed E-state index contributed by atoms with van der Waals surface area (Å²) in [5.74, 6) is 1.23. The average molecular weight is 576 g/mol. The van der Waals surface area contributed by atoms with Crippen LogP contribution in [0.3, 0.4) is 0 Å². The van der Waals surface area contributed by atoms with Crippen molar-refractivity contribution < 1.29 is 4.74 Å². The molecule has 0 N–H and O–H groups in total. The predicted molar refractivity (Wildman–Crippen MR) is 136 cm³/mol. The molecule has 3 aromatic carbocycles. The number of hydrogen-bond donors (Lipinski definition) is 0. The van der Waals surface area contributed by atoms with Crippen molar-refractivity contribution in [1.82, 2.24) is 9.66 Å². The second kappa shape index (κ2) is 9.98. The molecule has 0 aliphatic carbocycles. The third-order valence-electron chi connectivity index (χ3n) is 4.78. The molecule has 32 heavy (non-hydrogen) atoms. The second-order valence-corrected chi connectivity index (χ2v) is 9.27. The average Bonchev–Trinajstić information content (AvgIpc) is 2.79. The molecule has 0 bridgehead atoms. The molecule has 0 aliphatic rings. The van der Waals surface area contributed by atoms with Gasteiger partial charge in [-0.15, -0.1) is 0 Å². The van der Waals surface area contributed by atoms with Gasteiger partial charge in [0.2, 0.25) is 0 Å². The number of fused-ring (bicyclic) bond motifs is 1. The molecule has 4 rings (SSSR count). The molecule has 162 valence electrons. The molecule has 4 aromatic rings. The molecular formula is C24H18Br2ClN3O2.